The second-order valence-corrected chi connectivity index (χ2v) is 16.3. The summed E-state index contributed by atoms with van der Waals surface area (Å²) in [5.74, 6) is -2.51. The molecular weight excluding hydrogens is 859 g/mol. The molecular formula is C47H49F4N11O4. The van der Waals surface area contributed by atoms with Crippen molar-refractivity contribution in [2.45, 2.75) is 58.0 Å². The highest BCUT2D eigenvalue weighted by Gasteiger charge is 2.29. The van der Waals surface area contributed by atoms with Gasteiger partial charge in [-0.2, -0.15) is 19.0 Å². The maximum absolute atomic E-state index is 15.2. The number of urea groups is 2. The van der Waals surface area contributed by atoms with E-state index in [2.05, 4.69) is 20.4 Å². The minimum atomic E-state index is -2.91. The fraction of sp³-hybridized carbons (Fsp3) is 0.340. The zero-order chi connectivity index (χ0) is 46.5. The van der Waals surface area contributed by atoms with Gasteiger partial charge >= 0.3 is 18.5 Å². The standard InChI is InChI=1S/C24H23F3N6O2.C23H26FN5O2/c1-31-19-6-5-7-20(17(19)13-28-31)33(24(34)32-10-3-2-4-11-32)14-16-9-8-15(12-18(16)25)22-29-30-23(35-22)21(26)27;1-27-20-6-5-7-21(18(20)14-26-27)29(23(31)28-10-3-2-4-11-28)15-17-9-8-16(12-19(17)24)22(30)13-25/h5-9,12-13,21H,2-4,10-11,14H2,1H3;5-9,12,14H,2-4,10-11,13,15,25H2,1H3. The molecule has 15 nitrogen and oxygen atoms in total. The third-order valence-corrected chi connectivity index (χ3v) is 12.0. The van der Waals surface area contributed by atoms with Crippen LogP contribution in [0, 0.1) is 11.6 Å². The number of likely N-dealkylation sites (tertiary alicyclic amines) is 2. The van der Waals surface area contributed by atoms with Crippen LogP contribution in [0.4, 0.5) is 38.5 Å². The van der Waals surface area contributed by atoms with Crippen molar-refractivity contribution in [2.24, 2.45) is 19.8 Å². The first kappa shape index (κ1) is 45.4. The Morgan fingerprint density at radius 2 is 1.18 bits per heavy atom. The monoisotopic (exact) mass is 907 g/mol. The molecule has 0 saturated carbocycles. The number of fused-ring (bicyclic) bond motifs is 2. The summed E-state index contributed by atoms with van der Waals surface area (Å²) in [5, 5.41) is 17.1. The van der Waals surface area contributed by atoms with Crippen LogP contribution in [0.5, 0.6) is 0 Å². The summed E-state index contributed by atoms with van der Waals surface area (Å²) < 4.78 is 64.0. The van der Waals surface area contributed by atoms with Gasteiger partial charge in [-0.3, -0.25) is 24.0 Å². The van der Waals surface area contributed by atoms with Gasteiger partial charge in [0.15, 0.2) is 5.78 Å². The molecule has 7 aromatic rings. The number of ketones is 1. The molecule has 0 bridgehead atoms. The van der Waals surface area contributed by atoms with Crippen molar-refractivity contribution < 1.29 is 36.4 Å². The van der Waals surface area contributed by atoms with Crippen molar-refractivity contribution in [1.29, 1.82) is 0 Å². The van der Waals surface area contributed by atoms with Crippen molar-refractivity contribution in [3.05, 3.63) is 119 Å². The van der Waals surface area contributed by atoms with Crippen molar-refractivity contribution in [3.8, 4) is 11.5 Å². The summed E-state index contributed by atoms with van der Waals surface area (Å²) in [6.07, 6.45) is 6.44. The molecule has 0 radical (unpaired) electrons. The summed E-state index contributed by atoms with van der Waals surface area (Å²) in [6.45, 7) is 2.50. The molecule has 2 aliphatic rings. The van der Waals surface area contributed by atoms with Gasteiger partial charge in [-0.05, 0) is 81.0 Å². The number of hydrogen-bond donors (Lipinski definition) is 1. The van der Waals surface area contributed by atoms with Gasteiger partial charge in [0, 0.05) is 73.3 Å². The average Bonchev–Trinajstić information content (AvgIpc) is 4.10. The Balaban J connectivity index is 0.000000181. The lowest BCUT2D eigenvalue weighted by Crippen LogP contribution is -2.45. The van der Waals surface area contributed by atoms with Crippen LogP contribution in [0.15, 0.2) is 89.6 Å². The molecule has 2 saturated heterocycles. The van der Waals surface area contributed by atoms with Gasteiger partial charge in [-0.15, -0.1) is 10.2 Å². The van der Waals surface area contributed by atoms with Crippen LogP contribution in [0.3, 0.4) is 0 Å². The van der Waals surface area contributed by atoms with Gasteiger partial charge in [-0.25, -0.2) is 18.4 Å². The fourth-order valence-corrected chi connectivity index (χ4v) is 8.37. The van der Waals surface area contributed by atoms with E-state index in [4.69, 9.17) is 10.2 Å². The van der Waals surface area contributed by atoms with Crippen LogP contribution >= 0.6 is 0 Å². The van der Waals surface area contributed by atoms with Gasteiger partial charge in [-0.1, -0.05) is 30.3 Å². The van der Waals surface area contributed by atoms with Crippen LogP contribution in [0.1, 0.15) is 72.3 Å². The lowest BCUT2D eigenvalue weighted by atomic mass is 10.1. The summed E-state index contributed by atoms with van der Waals surface area (Å²) in [7, 11) is 3.66. The number of nitrogens with zero attached hydrogens (tertiary/aromatic N) is 10. The zero-order valence-corrected chi connectivity index (χ0v) is 36.5. The number of anilines is 2. The molecule has 0 atom stereocenters. The fourth-order valence-electron chi connectivity index (χ4n) is 8.37. The highest BCUT2D eigenvalue weighted by Crippen LogP contribution is 2.33. The Morgan fingerprint density at radius 1 is 0.682 bits per heavy atom. The van der Waals surface area contributed by atoms with Crippen molar-refractivity contribution in [2.75, 3.05) is 42.5 Å². The van der Waals surface area contributed by atoms with E-state index in [1.807, 2.05) is 55.4 Å². The van der Waals surface area contributed by atoms with Crippen LogP contribution in [-0.4, -0.2) is 90.1 Å². The number of amides is 4. The summed E-state index contributed by atoms with van der Waals surface area (Å²) in [6, 6.07) is 19.3. The SMILES string of the molecule is Cn1ncc2c(N(Cc3ccc(-c4nnc(C(F)F)o4)cc3F)C(=O)N3CCCCC3)cccc21.Cn1ncc2c(N(Cc3ccc(C(=O)CN)cc3F)C(=O)N3CCCCC3)cccc21. The third-order valence-electron chi connectivity index (χ3n) is 12.0. The topological polar surface area (TPSA) is 165 Å². The van der Waals surface area contributed by atoms with Gasteiger partial charge < -0.3 is 20.0 Å². The van der Waals surface area contributed by atoms with E-state index in [1.165, 1.54) is 18.2 Å². The van der Waals surface area contributed by atoms with E-state index < -0.39 is 24.0 Å². The number of carbonyl (C=O) groups excluding carboxylic acids is 3. The van der Waals surface area contributed by atoms with Crippen LogP contribution < -0.4 is 15.5 Å². The number of aryl methyl sites for hydroxylation is 2. The second kappa shape index (κ2) is 19.9. The van der Waals surface area contributed by atoms with Crippen molar-refractivity contribution in [3.63, 3.8) is 0 Å². The Hall–Kier alpha value is -7.15. The molecule has 9 rings (SSSR count). The molecule has 19 heteroatoms. The van der Waals surface area contributed by atoms with Gasteiger partial charge in [0.25, 0.3) is 5.89 Å². The highest BCUT2D eigenvalue weighted by atomic mass is 19.3. The molecule has 2 fully saturated rings. The molecule has 2 N–H and O–H groups in total. The van der Waals surface area contributed by atoms with Gasteiger partial charge in [0.05, 0.1) is 54.4 Å². The number of piperidine rings is 2. The maximum atomic E-state index is 15.2. The Labute approximate surface area is 377 Å². The van der Waals surface area contributed by atoms with E-state index in [1.54, 1.807) is 48.6 Å². The number of nitrogens with two attached hydrogens (primary N) is 1. The molecule has 66 heavy (non-hydrogen) atoms. The summed E-state index contributed by atoms with van der Waals surface area (Å²) in [4.78, 5) is 45.7. The Bertz CT molecular complexity index is 2870. The Kier molecular flexibility index (Phi) is 13.7. The lowest BCUT2D eigenvalue weighted by molar-refractivity contribution is 0.100. The molecule has 0 spiro atoms. The number of halogens is 4. The zero-order valence-electron chi connectivity index (χ0n) is 36.5. The number of benzene rings is 4. The number of carbonyl (C=O) groups is 3. The van der Waals surface area contributed by atoms with Crippen LogP contribution in [0.2, 0.25) is 0 Å². The number of hydrogen-bond acceptors (Lipinski definition) is 9. The van der Waals surface area contributed by atoms with E-state index in [9.17, 15) is 27.6 Å². The van der Waals surface area contributed by atoms with Crippen molar-refractivity contribution in [1.82, 2.24) is 39.6 Å². The molecule has 4 aromatic carbocycles. The first-order valence-corrected chi connectivity index (χ1v) is 21.8. The predicted molar refractivity (Wildman–Crippen MR) is 240 cm³/mol. The van der Waals surface area contributed by atoms with Crippen LogP contribution in [-0.2, 0) is 27.2 Å². The number of Topliss-reactive ketones (excluding diaryl/α,β-unsaturated/α-hetero) is 1. The van der Waals surface area contributed by atoms with E-state index >= 15 is 4.39 Å². The van der Waals surface area contributed by atoms with E-state index in [-0.39, 0.29) is 60.1 Å². The van der Waals surface area contributed by atoms with Gasteiger partial charge in [0.1, 0.15) is 11.6 Å². The largest absolute Gasteiger partial charge is 0.415 e. The quantitative estimate of drug-likeness (QED) is 0.104. The maximum Gasteiger partial charge on any atom is 0.324 e. The molecule has 2 aliphatic heterocycles. The number of aromatic nitrogens is 6. The Morgan fingerprint density at radius 3 is 1.64 bits per heavy atom. The normalized spacial score (nSPS) is 14.1. The highest BCUT2D eigenvalue weighted by molar-refractivity contribution is 6.03. The molecule has 5 heterocycles. The predicted octanol–water partition coefficient (Wildman–Crippen LogP) is 8.78. The molecule has 0 unspecified atom stereocenters. The number of alkyl halides is 2. The van der Waals surface area contributed by atoms with E-state index in [0.29, 0.717) is 43.1 Å². The van der Waals surface area contributed by atoms with Crippen LogP contribution in [0.25, 0.3) is 33.3 Å². The molecule has 0 aliphatic carbocycles. The van der Waals surface area contributed by atoms with Gasteiger partial charge in [0.2, 0.25) is 5.89 Å². The summed E-state index contributed by atoms with van der Waals surface area (Å²) in [5.41, 5.74) is 9.43. The van der Waals surface area contributed by atoms with E-state index in [0.717, 1.165) is 66.4 Å². The minimum absolute atomic E-state index is 0.0262. The summed E-state index contributed by atoms with van der Waals surface area (Å²) >= 11 is 0. The first-order chi connectivity index (χ1) is 31.9. The first-order valence-electron chi connectivity index (χ1n) is 21.8. The van der Waals surface area contributed by atoms with Crippen molar-refractivity contribution >= 4 is 51.0 Å². The second-order valence-electron chi connectivity index (χ2n) is 16.3. The molecule has 344 valence electrons. The third kappa shape index (κ3) is 9.61. The average molecular weight is 908 g/mol. The number of rotatable bonds is 10. The lowest BCUT2D eigenvalue weighted by Gasteiger charge is -2.33. The minimum Gasteiger partial charge on any atom is -0.415 e. The molecule has 3 aromatic heterocycles. The molecule has 4 amide bonds. The smallest absolute Gasteiger partial charge is 0.324 e.